The van der Waals surface area contributed by atoms with Gasteiger partial charge in [-0.25, -0.2) is 4.79 Å². The summed E-state index contributed by atoms with van der Waals surface area (Å²) in [6.07, 6.45) is 2.60. The van der Waals surface area contributed by atoms with Crippen molar-refractivity contribution in [3.05, 3.63) is 0 Å². The van der Waals surface area contributed by atoms with E-state index in [9.17, 15) is 14.1 Å². The van der Waals surface area contributed by atoms with Gasteiger partial charge in [-0.3, -0.25) is 4.79 Å². The summed E-state index contributed by atoms with van der Waals surface area (Å²) in [5, 5.41) is 10.3. The molecule has 0 aliphatic carbocycles. The zero-order chi connectivity index (χ0) is 8.85. The molecule has 0 bridgehead atoms. The van der Waals surface area contributed by atoms with Crippen molar-refractivity contribution in [2.24, 2.45) is 0 Å². The summed E-state index contributed by atoms with van der Waals surface area (Å²) >= 11 is -1.24. The van der Waals surface area contributed by atoms with Crippen LogP contribution in [-0.2, 0) is 20.8 Å². The first kappa shape index (κ1) is 10.2. The molecule has 0 saturated heterocycles. The first-order chi connectivity index (χ1) is 5.07. The van der Waals surface area contributed by atoms with Crippen LogP contribution in [0.4, 0.5) is 0 Å². The summed E-state index contributed by atoms with van der Waals surface area (Å²) in [6, 6.07) is -1.10. The molecule has 0 aromatic carbocycles. The van der Waals surface area contributed by atoms with Gasteiger partial charge >= 0.3 is 12.4 Å². The highest BCUT2D eigenvalue weighted by Gasteiger charge is 2.20. The van der Waals surface area contributed by atoms with Gasteiger partial charge in [0.05, 0.1) is 6.26 Å². The molecule has 2 N–H and O–H groups in total. The molecule has 0 aliphatic rings. The number of rotatable bonds is 5. The molecule has 0 aromatic heterocycles. The van der Waals surface area contributed by atoms with E-state index in [4.69, 9.17) is 5.11 Å². The molecule has 2 unspecified atom stereocenters. The quantitative estimate of drug-likeness (QED) is 0.395. The van der Waals surface area contributed by atoms with Crippen LogP contribution in [0, 0.1) is 0 Å². The fourth-order valence-corrected chi connectivity index (χ4v) is 1.18. The molecule has 2 atom stereocenters. The van der Waals surface area contributed by atoms with E-state index >= 15 is 0 Å². The zero-order valence-corrected chi connectivity index (χ0v) is 6.68. The summed E-state index contributed by atoms with van der Waals surface area (Å²) in [7, 11) is 0. The van der Waals surface area contributed by atoms with E-state index in [1.807, 2.05) is 5.32 Å². The molecular weight excluding hydrogens is 170 g/mol. The number of carbonyl (C=O) groups is 1. The smallest absolute Gasteiger partial charge is 0.331 e. The lowest BCUT2D eigenvalue weighted by Gasteiger charge is -2.10. The second-order valence-electron chi connectivity index (χ2n) is 1.88. The Morgan fingerprint density at radius 1 is 1.91 bits per heavy atom. The summed E-state index contributed by atoms with van der Waals surface area (Å²) in [4.78, 5) is 20.0. The average Bonchev–Trinajstić information content (AvgIpc) is 1.86. The highest BCUT2D eigenvalue weighted by molar-refractivity contribution is 7.90. The first-order valence-electron chi connectivity index (χ1n) is 2.73. The van der Waals surface area contributed by atoms with Crippen LogP contribution in [0.25, 0.3) is 0 Å². The van der Waals surface area contributed by atoms with E-state index in [0.29, 0.717) is 0 Å². The molecule has 0 fully saturated rings. The van der Waals surface area contributed by atoms with Crippen molar-refractivity contribution in [3.8, 4) is 0 Å². The summed E-state index contributed by atoms with van der Waals surface area (Å²) in [5.74, 6) is -1.30. The maximum absolute atomic E-state index is 10.5. The predicted octanol–water partition coefficient (Wildman–Crippen LogP) is -1.53. The Hall–Kier alpha value is -0.750. The van der Waals surface area contributed by atoms with Crippen molar-refractivity contribution in [1.29, 1.82) is 0 Å². The standard InChI is InChI=1S/C5H8NO4S/c1-11(10)2-4(5(8)9)6-3-7/h4H,2H2,1H3,(H,6,7)(H,8,9). The molecule has 0 saturated carbocycles. The fourth-order valence-electron chi connectivity index (χ4n) is 0.481. The molecule has 6 heteroatoms. The van der Waals surface area contributed by atoms with E-state index < -0.39 is 23.2 Å². The molecule has 0 rings (SSSR count). The van der Waals surface area contributed by atoms with E-state index in [1.54, 1.807) is 0 Å². The Morgan fingerprint density at radius 3 is 2.73 bits per heavy atom. The van der Waals surface area contributed by atoms with Crippen molar-refractivity contribution in [2.45, 2.75) is 6.04 Å². The number of amides is 1. The Bertz CT molecular complexity index is 149. The summed E-state index contributed by atoms with van der Waals surface area (Å²) in [5.41, 5.74) is 0. The number of hydrogen-bond donors (Lipinski definition) is 2. The van der Waals surface area contributed by atoms with Crippen LogP contribution < -0.4 is 5.32 Å². The fraction of sp³-hybridized carbons (Fsp3) is 0.600. The van der Waals surface area contributed by atoms with Crippen molar-refractivity contribution in [2.75, 3.05) is 12.0 Å². The lowest BCUT2D eigenvalue weighted by Crippen LogP contribution is -2.41. The monoisotopic (exact) mass is 178 g/mol. The number of hydrogen-bond acceptors (Lipinski definition) is 3. The number of nitrogens with one attached hydrogen (secondary N) is 1. The molecular formula is C5H8NO4S. The van der Waals surface area contributed by atoms with Gasteiger partial charge in [-0.1, -0.05) is 11.2 Å². The van der Waals surface area contributed by atoms with Crippen LogP contribution in [0.3, 0.4) is 0 Å². The van der Waals surface area contributed by atoms with E-state index in [0.717, 1.165) is 0 Å². The number of carboxylic acid groups (broad SMARTS) is 1. The van der Waals surface area contributed by atoms with E-state index in [2.05, 4.69) is 0 Å². The Labute approximate surface area is 67.0 Å². The van der Waals surface area contributed by atoms with E-state index in [1.165, 1.54) is 12.7 Å². The van der Waals surface area contributed by atoms with Gasteiger partial charge in [0.25, 0.3) is 0 Å². The van der Waals surface area contributed by atoms with Crippen molar-refractivity contribution in [1.82, 2.24) is 5.32 Å². The van der Waals surface area contributed by atoms with Crippen molar-refractivity contribution in [3.63, 3.8) is 0 Å². The highest BCUT2D eigenvalue weighted by Crippen LogP contribution is 1.90. The van der Waals surface area contributed by atoms with Gasteiger partial charge in [0.15, 0.2) is 6.04 Å². The van der Waals surface area contributed by atoms with Gasteiger partial charge in [0, 0.05) is 0 Å². The van der Waals surface area contributed by atoms with Crippen LogP contribution in [-0.4, -0.2) is 40.1 Å². The molecule has 1 amide bonds. The van der Waals surface area contributed by atoms with Crippen LogP contribution in [0.1, 0.15) is 0 Å². The third-order valence-electron chi connectivity index (χ3n) is 0.933. The van der Waals surface area contributed by atoms with Gasteiger partial charge in [-0.15, -0.1) is 0 Å². The Balaban J connectivity index is 3.88. The van der Waals surface area contributed by atoms with Gasteiger partial charge < -0.3 is 15.0 Å². The third-order valence-corrected chi connectivity index (χ3v) is 1.74. The van der Waals surface area contributed by atoms with Gasteiger partial charge in [-0.2, -0.15) is 0 Å². The topological polar surface area (TPSA) is 89.5 Å². The maximum atomic E-state index is 10.5. The summed E-state index contributed by atoms with van der Waals surface area (Å²) in [6.45, 7) is 0. The minimum absolute atomic E-state index is 0.0927. The number of carbonyl (C=O) groups excluding carboxylic acids is 1. The average molecular weight is 178 g/mol. The zero-order valence-electron chi connectivity index (χ0n) is 5.86. The molecule has 1 radical (unpaired) electrons. The SMILES string of the molecule is C[S+]([O-])CC(N[C]=O)C(=O)O. The molecule has 63 valence electrons. The lowest BCUT2D eigenvalue weighted by molar-refractivity contribution is -0.138. The molecule has 0 spiro atoms. The minimum atomic E-state index is -1.24. The Kier molecular flexibility index (Phi) is 4.64. The normalized spacial score (nSPS) is 15.1. The Morgan fingerprint density at radius 2 is 2.45 bits per heavy atom. The summed E-state index contributed by atoms with van der Waals surface area (Å²) < 4.78 is 10.5. The molecule has 11 heavy (non-hydrogen) atoms. The van der Waals surface area contributed by atoms with Crippen molar-refractivity contribution < 1.29 is 19.2 Å². The predicted molar refractivity (Wildman–Crippen MR) is 39.2 cm³/mol. The number of carboxylic acids is 1. The second-order valence-corrected chi connectivity index (χ2v) is 3.36. The number of aliphatic carboxylic acids is 1. The van der Waals surface area contributed by atoms with Gasteiger partial charge in [-0.05, 0) is 0 Å². The van der Waals surface area contributed by atoms with Crippen LogP contribution in [0.15, 0.2) is 0 Å². The molecule has 0 heterocycles. The molecule has 0 aromatic rings. The van der Waals surface area contributed by atoms with Gasteiger partial charge in [0.1, 0.15) is 5.75 Å². The second kappa shape index (κ2) is 4.97. The minimum Gasteiger partial charge on any atom is -0.616 e. The van der Waals surface area contributed by atoms with Crippen LogP contribution in [0.2, 0.25) is 0 Å². The van der Waals surface area contributed by atoms with Crippen LogP contribution in [0.5, 0.6) is 0 Å². The molecule has 0 aliphatic heterocycles. The maximum Gasteiger partial charge on any atom is 0.331 e. The van der Waals surface area contributed by atoms with Crippen LogP contribution >= 0.6 is 0 Å². The lowest BCUT2D eigenvalue weighted by atomic mass is 10.3. The highest BCUT2D eigenvalue weighted by atomic mass is 32.2. The first-order valence-corrected chi connectivity index (χ1v) is 4.46. The molecule has 5 nitrogen and oxygen atoms in total. The largest absolute Gasteiger partial charge is 0.616 e. The van der Waals surface area contributed by atoms with E-state index in [-0.39, 0.29) is 5.75 Å². The van der Waals surface area contributed by atoms with Gasteiger partial charge in [0.2, 0.25) is 0 Å². The third kappa shape index (κ3) is 4.63. The van der Waals surface area contributed by atoms with Crippen molar-refractivity contribution >= 4 is 23.6 Å².